The maximum atomic E-state index is 12.3. The molecule has 0 N–H and O–H groups in total. The van der Waals surface area contributed by atoms with Gasteiger partial charge in [-0.2, -0.15) is 4.31 Å². The fourth-order valence-electron chi connectivity index (χ4n) is 2.42. The molecule has 1 saturated heterocycles. The molecule has 1 fully saturated rings. The molecule has 0 amide bonds. The van der Waals surface area contributed by atoms with Gasteiger partial charge in [0.05, 0.1) is 5.75 Å². The molecule has 0 radical (unpaired) electrons. The second-order valence-electron chi connectivity index (χ2n) is 4.98. The molecule has 1 aromatic carbocycles. The molecule has 1 aliphatic heterocycles. The molecule has 1 aromatic rings. The van der Waals surface area contributed by atoms with E-state index in [0.717, 1.165) is 31.6 Å². The van der Waals surface area contributed by atoms with Crippen molar-refractivity contribution in [1.82, 2.24) is 9.21 Å². The minimum Gasteiger partial charge on any atom is -0.301 e. The molecule has 0 bridgehead atoms. The van der Waals surface area contributed by atoms with Crippen LogP contribution in [0.2, 0.25) is 0 Å². The minimum atomic E-state index is -3.17. The Hall–Kier alpha value is -0.910. The molecule has 0 aromatic heterocycles. The maximum Gasteiger partial charge on any atom is 0.218 e. The Morgan fingerprint density at radius 1 is 1.05 bits per heavy atom. The van der Waals surface area contributed by atoms with Crippen molar-refractivity contribution in [1.29, 1.82) is 0 Å². The summed E-state index contributed by atoms with van der Waals surface area (Å²) in [7, 11) is -3.17. The van der Waals surface area contributed by atoms with E-state index in [0.29, 0.717) is 13.1 Å². The van der Waals surface area contributed by atoms with E-state index >= 15 is 0 Å². The Kier molecular flexibility index (Phi) is 4.96. The summed E-state index contributed by atoms with van der Waals surface area (Å²) in [4.78, 5) is 2.33. The lowest BCUT2D eigenvalue weighted by molar-refractivity contribution is 0.188. The third-order valence-corrected chi connectivity index (χ3v) is 5.31. The van der Waals surface area contributed by atoms with Gasteiger partial charge in [0, 0.05) is 26.2 Å². The number of hydrogen-bond donors (Lipinski definition) is 0. The maximum absolute atomic E-state index is 12.3. The second-order valence-corrected chi connectivity index (χ2v) is 6.95. The van der Waals surface area contributed by atoms with E-state index in [-0.39, 0.29) is 5.75 Å². The highest BCUT2D eigenvalue weighted by molar-refractivity contribution is 7.88. The molecule has 0 unspecified atom stereocenters. The van der Waals surface area contributed by atoms with Gasteiger partial charge in [-0.25, -0.2) is 8.42 Å². The largest absolute Gasteiger partial charge is 0.301 e. The first-order valence-electron chi connectivity index (χ1n) is 6.86. The summed E-state index contributed by atoms with van der Waals surface area (Å²) in [5.41, 5.74) is 0.860. The molecule has 4 nitrogen and oxygen atoms in total. The molecule has 0 saturated carbocycles. The van der Waals surface area contributed by atoms with Gasteiger partial charge in [-0.1, -0.05) is 37.3 Å². The molecule has 1 aliphatic rings. The van der Waals surface area contributed by atoms with Gasteiger partial charge in [-0.3, -0.25) is 0 Å². The Bertz CT molecular complexity index is 479. The summed E-state index contributed by atoms with van der Waals surface area (Å²) in [6.07, 6.45) is 1.12. The number of rotatable bonds is 5. The van der Waals surface area contributed by atoms with E-state index < -0.39 is 10.0 Å². The van der Waals surface area contributed by atoms with Crippen molar-refractivity contribution in [3.05, 3.63) is 35.9 Å². The van der Waals surface area contributed by atoms with Crippen molar-refractivity contribution >= 4 is 10.0 Å². The first kappa shape index (κ1) is 14.5. The van der Waals surface area contributed by atoms with Gasteiger partial charge < -0.3 is 4.90 Å². The van der Waals surface area contributed by atoms with Gasteiger partial charge in [0.2, 0.25) is 10.0 Å². The van der Waals surface area contributed by atoms with E-state index in [1.54, 1.807) is 4.31 Å². The Labute approximate surface area is 116 Å². The normalized spacial score (nSPS) is 18.6. The zero-order valence-corrected chi connectivity index (χ0v) is 12.3. The number of nitrogens with zero attached hydrogens (tertiary/aromatic N) is 2. The van der Waals surface area contributed by atoms with Gasteiger partial charge in [0.15, 0.2) is 0 Å². The van der Waals surface area contributed by atoms with Crippen LogP contribution in [0.1, 0.15) is 18.9 Å². The predicted molar refractivity (Wildman–Crippen MR) is 77.4 cm³/mol. The quantitative estimate of drug-likeness (QED) is 0.822. The zero-order chi connectivity index (χ0) is 13.7. The third-order valence-electron chi connectivity index (χ3n) is 3.46. The Balaban J connectivity index is 1.94. The predicted octanol–water partition coefficient (Wildman–Crippen LogP) is 1.54. The van der Waals surface area contributed by atoms with Crippen LogP contribution >= 0.6 is 0 Å². The molecule has 106 valence electrons. The monoisotopic (exact) mass is 282 g/mol. The Morgan fingerprint density at radius 2 is 1.68 bits per heavy atom. The molecule has 0 aliphatic carbocycles. The highest BCUT2D eigenvalue weighted by Crippen LogP contribution is 2.13. The van der Waals surface area contributed by atoms with Crippen LogP contribution in [0.15, 0.2) is 30.3 Å². The van der Waals surface area contributed by atoms with Crippen LogP contribution in [0.5, 0.6) is 0 Å². The molecule has 19 heavy (non-hydrogen) atoms. The van der Waals surface area contributed by atoms with Crippen molar-refractivity contribution < 1.29 is 8.42 Å². The topological polar surface area (TPSA) is 40.6 Å². The van der Waals surface area contributed by atoms with Crippen LogP contribution in [-0.2, 0) is 15.8 Å². The van der Waals surface area contributed by atoms with Gasteiger partial charge in [-0.15, -0.1) is 0 Å². The first-order valence-corrected chi connectivity index (χ1v) is 8.47. The second kappa shape index (κ2) is 6.50. The summed E-state index contributed by atoms with van der Waals surface area (Å²) in [6, 6.07) is 9.39. The van der Waals surface area contributed by atoms with Crippen LogP contribution in [0, 0.1) is 0 Å². The van der Waals surface area contributed by atoms with Crippen molar-refractivity contribution in [3.8, 4) is 0 Å². The van der Waals surface area contributed by atoms with Crippen molar-refractivity contribution in [2.45, 2.75) is 19.1 Å². The van der Waals surface area contributed by atoms with Crippen LogP contribution in [-0.4, -0.2) is 50.3 Å². The van der Waals surface area contributed by atoms with E-state index in [2.05, 4.69) is 11.8 Å². The van der Waals surface area contributed by atoms with E-state index in [9.17, 15) is 8.42 Å². The minimum absolute atomic E-state index is 0.113. The lowest BCUT2D eigenvalue weighted by Gasteiger charge is -2.33. The first-order chi connectivity index (χ1) is 9.12. The fourth-order valence-corrected chi connectivity index (χ4v) is 3.94. The highest BCUT2D eigenvalue weighted by Gasteiger charge is 2.26. The van der Waals surface area contributed by atoms with Crippen LogP contribution in [0.4, 0.5) is 0 Å². The lowest BCUT2D eigenvalue weighted by Crippen LogP contribution is -2.48. The van der Waals surface area contributed by atoms with Crippen molar-refractivity contribution in [2.75, 3.05) is 32.7 Å². The van der Waals surface area contributed by atoms with Gasteiger partial charge in [-0.05, 0) is 18.5 Å². The van der Waals surface area contributed by atoms with E-state index in [1.807, 2.05) is 30.3 Å². The lowest BCUT2D eigenvalue weighted by atomic mass is 10.2. The smallest absolute Gasteiger partial charge is 0.218 e. The Morgan fingerprint density at radius 3 is 2.26 bits per heavy atom. The summed E-state index contributed by atoms with van der Waals surface area (Å²) >= 11 is 0. The summed E-state index contributed by atoms with van der Waals surface area (Å²) in [5.74, 6) is 0.113. The molecular weight excluding hydrogens is 260 g/mol. The SMILES string of the molecule is CCCN1CCN(S(=O)(=O)Cc2ccccc2)CC1. The van der Waals surface area contributed by atoms with Crippen molar-refractivity contribution in [3.63, 3.8) is 0 Å². The standard InChI is InChI=1S/C14H22N2O2S/c1-2-8-15-9-11-16(12-10-15)19(17,18)13-14-6-4-3-5-7-14/h3-7H,2,8-13H2,1H3. The van der Waals surface area contributed by atoms with Crippen LogP contribution in [0.25, 0.3) is 0 Å². The number of hydrogen-bond acceptors (Lipinski definition) is 3. The van der Waals surface area contributed by atoms with Gasteiger partial charge in [0.1, 0.15) is 0 Å². The molecule has 0 spiro atoms. The summed E-state index contributed by atoms with van der Waals surface area (Å²) < 4.78 is 26.3. The van der Waals surface area contributed by atoms with Gasteiger partial charge >= 0.3 is 0 Å². The average molecular weight is 282 g/mol. The zero-order valence-electron chi connectivity index (χ0n) is 11.5. The highest BCUT2D eigenvalue weighted by atomic mass is 32.2. The van der Waals surface area contributed by atoms with Crippen molar-refractivity contribution in [2.24, 2.45) is 0 Å². The molecule has 1 heterocycles. The molecule has 0 atom stereocenters. The number of sulfonamides is 1. The van der Waals surface area contributed by atoms with Gasteiger partial charge in [0.25, 0.3) is 0 Å². The molecular formula is C14H22N2O2S. The summed E-state index contributed by atoms with van der Waals surface area (Å²) in [6.45, 7) is 6.15. The van der Waals surface area contributed by atoms with Crippen LogP contribution in [0.3, 0.4) is 0 Å². The van der Waals surface area contributed by atoms with E-state index in [4.69, 9.17) is 0 Å². The number of benzene rings is 1. The molecule has 5 heteroatoms. The third kappa shape index (κ3) is 4.03. The average Bonchev–Trinajstić information content (AvgIpc) is 2.40. The van der Waals surface area contributed by atoms with E-state index in [1.165, 1.54) is 0 Å². The fraction of sp³-hybridized carbons (Fsp3) is 0.571. The van der Waals surface area contributed by atoms with Crippen LogP contribution < -0.4 is 0 Å². The number of piperazine rings is 1. The summed E-state index contributed by atoms with van der Waals surface area (Å²) in [5, 5.41) is 0. The molecule has 2 rings (SSSR count).